The lowest BCUT2D eigenvalue weighted by Gasteiger charge is -2.18. The highest BCUT2D eigenvalue weighted by molar-refractivity contribution is 5.99. The summed E-state index contributed by atoms with van der Waals surface area (Å²) in [6.45, 7) is 3.37. The highest BCUT2D eigenvalue weighted by Gasteiger charge is 2.33. The normalized spacial score (nSPS) is 15.9. The van der Waals surface area contributed by atoms with E-state index in [0.717, 1.165) is 9.47 Å². The minimum absolute atomic E-state index is 0.0488. The van der Waals surface area contributed by atoms with Crippen LogP contribution in [0.25, 0.3) is 0 Å². The van der Waals surface area contributed by atoms with Crippen LogP contribution in [0.1, 0.15) is 28.7 Å². The summed E-state index contributed by atoms with van der Waals surface area (Å²) in [6, 6.07) is 0.708. The standard InChI is InChI=1S/C15H18F3N3O4/c1-8-6-11(9(2)21(8)7-15(16,17)18)13(23)25-10(3)12(22)20-5-4-19-14(20)24/h6,10H,4-5,7H2,1-3H3,(H,19,24)/t10-/m1/s1. The molecule has 0 unspecified atom stereocenters. The van der Waals surface area contributed by atoms with Crippen molar-refractivity contribution >= 4 is 17.9 Å². The number of esters is 1. The fourth-order valence-electron chi connectivity index (χ4n) is 2.61. The number of nitrogens with one attached hydrogen (secondary N) is 1. The maximum atomic E-state index is 12.6. The van der Waals surface area contributed by atoms with E-state index in [2.05, 4.69) is 5.32 Å². The summed E-state index contributed by atoms with van der Waals surface area (Å²) < 4.78 is 43.8. The lowest BCUT2D eigenvalue weighted by atomic mass is 10.2. The van der Waals surface area contributed by atoms with Crippen molar-refractivity contribution in [2.24, 2.45) is 0 Å². The zero-order valence-corrected chi connectivity index (χ0v) is 13.9. The molecule has 0 aromatic carbocycles. The second-order valence-electron chi connectivity index (χ2n) is 5.76. The first-order valence-corrected chi connectivity index (χ1v) is 7.55. The fourth-order valence-corrected chi connectivity index (χ4v) is 2.61. The molecule has 1 N–H and O–H groups in total. The van der Waals surface area contributed by atoms with E-state index in [1.807, 2.05) is 0 Å². The number of halogens is 3. The molecule has 2 heterocycles. The van der Waals surface area contributed by atoms with Gasteiger partial charge in [0.25, 0.3) is 5.91 Å². The number of carbonyl (C=O) groups excluding carboxylic acids is 3. The highest BCUT2D eigenvalue weighted by atomic mass is 19.4. The molecule has 1 atom stereocenters. The number of imide groups is 1. The number of nitrogens with zero attached hydrogens (tertiary/aromatic N) is 2. The second-order valence-corrected chi connectivity index (χ2v) is 5.76. The lowest BCUT2D eigenvalue weighted by molar-refractivity contribution is -0.141. The first kappa shape index (κ1) is 18.8. The van der Waals surface area contributed by atoms with Crippen molar-refractivity contribution in [1.82, 2.24) is 14.8 Å². The molecule has 2 rings (SSSR count). The molecule has 138 valence electrons. The maximum absolute atomic E-state index is 12.6. The third-order valence-electron chi connectivity index (χ3n) is 3.89. The van der Waals surface area contributed by atoms with Crippen molar-refractivity contribution < 1.29 is 32.3 Å². The van der Waals surface area contributed by atoms with Crippen molar-refractivity contribution in [3.8, 4) is 0 Å². The Balaban J connectivity index is 2.12. The molecule has 3 amide bonds. The molecule has 1 aromatic heterocycles. The monoisotopic (exact) mass is 361 g/mol. The highest BCUT2D eigenvalue weighted by Crippen LogP contribution is 2.24. The van der Waals surface area contributed by atoms with Crippen LogP contribution in [0.4, 0.5) is 18.0 Å². The van der Waals surface area contributed by atoms with E-state index in [4.69, 9.17) is 4.74 Å². The lowest BCUT2D eigenvalue weighted by Crippen LogP contribution is -2.41. The van der Waals surface area contributed by atoms with Crippen LogP contribution in [-0.4, -0.2) is 52.7 Å². The predicted molar refractivity (Wildman–Crippen MR) is 80.0 cm³/mol. The maximum Gasteiger partial charge on any atom is 0.406 e. The Bertz CT molecular complexity index is 712. The van der Waals surface area contributed by atoms with Crippen molar-refractivity contribution in [3.05, 3.63) is 23.0 Å². The van der Waals surface area contributed by atoms with Crippen LogP contribution in [0.2, 0.25) is 0 Å². The molecule has 0 saturated carbocycles. The molecule has 0 spiro atoms. The van der Waals surface area contributed by atoms with Crippen LogP contribution in [0.5, 0.6) is 0 Å². The number of amides is 3. The van der Waals surface area contributed by atoms with E-state index in [-0.39, 0.29) is 23.5 Å². The van der Waals surface area contributed by atoms with Crippen molar-refractivity contribution in [2.75, 3.05) is 13.1 Å². The van der Waals surface area contributed by atoms with Crippen molar-refractivity contribution in [2.45, 2.75) is 39.6 Å². The van der Waals surface area contributed by atoms with Gasteiger partial charge in [0, 0.05) is 24.5 Å². The quantitative estimate of drug-likeness (QED) is 0.829. The van der Waals surface area contributed by atoms with Crippen LogP contribution in [0.3, 0.4) is 0 Å². The van der Waals surface area contributed by atoms with E-state index in [0.29, 0.717) is 6.54 Å². The number of aromatic nitrogens is 1. The van der Waals surface area contributed by atoms with Gasteiger partial charge in [0.2, 0.25) is 0 Å². The zero-order chi connectivity index (χ0) is 18.9. The molecule has 1 saturated heterocycles. The van der Waals surface area contributed by atoms with Gasteiger partial charge in [-0.1, -0.05) is 0 Å². The summed E-state index contributed by atoms with van der Waals surface area (Å²) in [7, 11) is 0. The van der Waals surface area contributed by atoms with Gasteiger partial charge in [-0.25, -0.2) is 9.59 Å². The molecule has 7 nitrogen and oxygen atoms in total. The Morgan fingerprint density at radius 2 is 2.00 bits per heavy atom. The predicted octanol–water partition coefficient (Wildman–Crippen LogP) is 1.76. The van der Waals surface area contributed by atoms with Gasteiger partial charge >= 0.3 is 18.2 Å². The first-order valence-electron chi connectivity index (χ1n) is 7.55. The van der Waals surface area contributed by atoms with Crippen LogP contribution in [0.15, 0.2) is 6.07 Å². The molecule has 0 aliphatic carbocycles. The smallest absolute Gasteiger partial charge is 0.406 e. The second kappa shape index (κ2) is 6.77. The summed E-state index contributed by atoms with van der Waals surface area (Å²) in [4.78, 5) is 36.7. The number of hydrogen-bond acceptors (Lipinski definition) is 4. The number of carbonyl (C=O) groups is 3. The van der Waals surface area contributed by atoms with Crippen LogP contribution < -0.4 is 5.32 Å². The van der Waals surface area contributed by atoms with E-state index in [1.165, 1.54) is 26.8 Å². The first-order chi connectivity index (χ1) is 11.5. The van der Waals surface area contributed by atoms with E-state index in [1.54, 1.807) is 0 Å². The largest absolute Gasteiger partial charge is 0.449 e. The molecular formula is C15H18F3N3O4. The summed E-state index contributed by atoms with van der Waals surface area (Å²) in [5.74, 6) is -1.60. The molecule has 1 aliphatic rings. The molecule has 10 heteroatoms. The zero-order valence-electron chi connectivity index (χ0n) is 13.9. The minimum Gasteiger partial charge on any atom is -0.449 e. The van der Waals surface area contributed by atoms with E-state index in [9.17, 15) is 27.6 Å². The van der Waals surface area contributed by atoms with Crippen LogP contribution in [-0.2, 0) is 16.1 Å². The average Bonchev–Trinajstić information content (AvgIpc) is 3.03. The molecule has 1 fully saturated rings. The van der Waals surface area contributed by atoms with Gasteiger partial charge in [-0.05, 0) is 26.8 Å². The number of rotatable bonds is 4. The van der Waals surface area contributed by atoms with Gasteiger partial charge in [0.05, 0.1) is 5.56 Å². The molecule has 1 aliphatic heterocycles. The third kappa shape index (κ3) is 4.12. The van der Waals surface area contributed by atoms with Gasteiger partial charge < -0.3 is 14.6 Å². The average molecular weight is 361 g/mol. The summed E-state index contributed by atoms with van der Waals surface area (Å²) in [5.41, 5.74) is 0.297. The van der Waals surface area contributed by atoms with Gasteiger partial charge in [-0.2, -0.15) is 13.2 Å². The molecule has 1 aromatic rings. The van der Waals surface area contributed by atoms with Crippen molar-refractivity contribution in [1.29, 1.82) is 0 Å². The number of ether oxygens (including phenoxy) is 1. The molecule has 25 heavy (non-hydrogen) atoms. The van der Waals surface area contributed by atoms with Gasteiger partial charge in [-0.3, -0.25) is 9.69 Å². The number of alkyl halides is 3. The third-order valence-corrected chi connectivity index (χ3v) is 3.89. The van der Waals surface area contributed by atoms with Gasteiger partial charge in [0.15, 0.2) is 6.10 Å². The molecular weight excluding hydrogens is 343 g/mol. The molecule has 0 radical (unpaired) electrons. The fraction of sp³-hybridized carbons (Fsp3) is 0.533. The Morgan fingerprint density at radius 3 is 2.52 bits per heavy atom. The number of urea groups is 1. The van der Waals surface area contributed by atoms with Crippen LogP contribution in [0, 0.1) is 13.8 Å². The van der Waals surface area contributed by atoms with Gasteiger partial charge in [-0.15, -0.1) is 0 Å². The minimum atomic E-state index is -4.43. The topological polar surface area (TPSA) is 80.6 Å². The Hall–Kier alpha value is -2.52. The number of hydrogen-bond donors (Lipinski definition) is 1. The Morgan fingerprint density at radius 1 is 1.36 bits per heavy atom. The Kier molecular flexibility index (Phi) is 5.09. The molecule has 0 bridgehead atoms. The van der Waals surface area contributed by atoms with E-state index >= 15 is 0 Å². The summed E-state index contributed by atoms with van der Waals surface area (Å²) in [6.07, 6.45) is -5.66. The number of aryl methyl sites for hydroxylation is 1. The summed E-state index contributed by atoms with van der Waals surface area (Å²) in [5, 5.41) is 2.45. The van der Waals surface area contributed by atoms with E-state index < -0.39 is 36.7 Å². The van der Waals surface area contributed by atoms with Crippen LogP contribution >= 0.6 is 0 Å². The SMILES string of the molecule is Cc1cc(C(=O)O[C@H](C)C(=O)N2CCNC2=O)c(C)n1CC(F)(F)F. The van der Waals surface area contributed by atoms with Crippen molar-refractivity contribution in [3.63, 3.8) is 0 Å². The summed E-state index contributed by atoms with van der Waals surface area (Å²) >= 11 is 0. The Labute approximate surface area is 141 Å². The van der Waals surface area contributed by atoms with Gasteiger partial charge in [0.1, 0.15) is 6.54 Å².